The number of hydrogen-bond donors (Lipinski definition) is 0. The Kier molecular flexibility index (Phi) is 5.37. The Labute approximate surface area is 185 Å². The summed E-state index contributed by atoms with van der Waals surface area (Å²) in [4.78, 5) is 19.6. The van der Waals surface area contributed by atoms with Crippen LogP contribution in [0.5, 0.6) is 0 Å². The minimum atomic E-state index is 0.159. The van der Waals surface area contributed by atoms with Crippen LogP contribution in [0.15, 0.2) is 42.5 Å². The molecule has 1 amide bonds. The number of nitrogens with zero attached hydrogens (tertiary/aromatic N) is 3. The van der Waals surface area contributed by atoms with E-state index in [2.05, 4.69) is 60.0 Å². The van der Waals surface area contributed by atoms with E-state index in [0.29, 0.717) is 6.04 Å². The minimum Gasteiger partial charge on any atom is -0.383 e. The van der Waals surface area contributed by atoms with Crippen molar-refractivity contribution in [2.24, 2.45) is 0 Å². The Morgan fingerprint density at radius 3 is 2.52 bits per heavy atom. The van der Waals surface area contributed by atoms with Gasteiger partial charge < -0.3 is 9.64 Å². The van der Waals surface area contributed by atoms with Gasteiger partial charge in [0.1, 0.15) is 0 Å². The van der Waals surface area contributed by atoms with Gasteiger partial charge in [0.2, 0.25) is 0 Å². The Morgan fingerprint density at radius 1 is 1.06 bits per heavy atom. The van der Waals surface area contributed by atoms with Gasteiger partial charge in [0, 0.05) is 50.4 Å². The maximum Gasteiger partial charge on any atom is 0.254 e. The molecule has 0 radical (unpaired) electrons. The summed E-state index contributed by atoms with van der Waals surface area (Å²) < 4.78 is 5.25. The van der Waals surface area contributed by atoms with Crippen molar-refractivity contribution in [2.75, 3.05) is 33.5 Å². The van der Waals surface area contributed by atoms with Crippen LogP contribution in [0.4, 0.5) is 0 Å². The first-order valence-corrected chi connectivity index (χ1v) is 11.4. The normalized spacial score (nSPS) is 21.1. The third-order valence-electron chi connectivity index (χ3n) is 7.03. The molecular weight excluding hydrogens is 386 g/mol. The summed E-state index contributed by atoms with van der Waals surface area (Å²) in [6, 6.07) is 15.7. The fourth-order valence-electron chi connectivity index (χ4n) is 4.99. The fourth-order valence-corrected chi connectivity index (χ4v) is 4.99. The number of benzene rings is 2. The molecule has 5 heteroatoms. The molecule has 1 saturated heterocycles. The average molecular weight is 420 g/mol. The second-order valence-electron chi connectivity index (χ2n) is 9.93. The first-order chi connectivity index (χ1) is 14.9. The van der Waals surface area contributed by atoms with Crippen molar-refractivity contribution in [1.29, 1.82) is 0 Å². The number of hydrogen-bond acceptors (Lipinski definition) is 4. The monoisotopic (exact) mass is 419 g/mol. The maximum absolute atomic E-state index is 12.6. The Morgan fingerprint density at radius 2 is 1.81 bits per heavy atom. The van der Waals surface area contributed by atoms with Gasteiger partial charge in [0.15, 0.2) is 0 Å². The smallest absolute Gasteiger partial charge is 0.254 e. The van der Waals surface area contributed by atoms with Crippen LogP contribution in [0.1, 0.15) is 48.2 Å². The first kappa shape index (κ1) is 20.7. The second kappa shape index (κ2) is 8.05. The summed E-state index contributed by atoms with van der Waals surface area (Å²) in [5.41, 5.74) is 5.97. The first-order valence-electron chi connectivity index (χ1n) is 11.4. The van der Waals surface area contributed by atoms with Crippen LogP contribution >= 0.6 is 0 Å². The molecule has 5 nitrogen and oxygen atoms in total. The van der Waals surface area contributed by atoms with Gasteiger partial charge in [-0.1, -0.05) is 30.3 Å². The molecule has 164 valence electrons. The van der Waals surface area contributed by atoms with E-state index in [1.807, 2.05) is 11.0 Å². The predicted molar refractivity (Wildman–Crippen MR) is 123 cm³/mol. The average Bonchev–Trinajstić information content (AvgIpc) is 3.49. The quantitative estimate of drug-likeness (QED) is 0.680. The van der Waals surface area contributed by atoms with Crippen molar-refractivity contribution in [1.82, 2.24) is 14.7 Å². The number of methoxy groups -OCH3 is 1. The van der Waals surface area contributed by atoms with E-state index in [1.54, 1.807) is 7.11 Å². The molecule has 0 atom stereocenters. The van der Waals surface area contributed by atoms with Crippen LogP contribution in [0.25, 0.3) is 11.1 Å². The molecule has 2 aliphatic heterocycles. The standard InChI is InChI=1S/C26H33N3O2/c1-26(2)17-27(12-13-31-3)18-28(26)15-19-4-6-20(7-5-19)21-8-11-24-22(14-21)16-29(25(24)30)23-9-10-23/h4-8,11,14,23H,9-10,12-13,15-18H2,1-3H3. The molecule has 2 fully saturated rings. The minimum absolute atomic E-state index is 0.159. The highest BCUT2D eigenvalue weighted by atomic mass is 16.5. The number of ether oxygens (including phenoxy) is 1. The molecule has 2 heterocycles. The third-order valence-corrected chi connectivity index (χ3v) is 7.03. The van der Waals surface area contributed by atoms with Crippen molar-refractivity contribution >= 4 is 5.91 Å². The Bertz CT molecular complexity index is 965. The lowest BCUT2D eigenvalue weighted by molar-refractivity contribution is 0.0766. The summed E-state index contributed by atoms with van der Waals surface area (Å²) in [5, 5.41) is 0. The fraction of sp³-hybridized carbons (Fsp3) is 0.500. The van der Waals surface area contributed by atoms with E-state index >= 15 is 0 Å². The summed E-state index contributed by atoms with van der Waals surface area (Å²) in [5.74, 6) is 0.215. The van der Waals surface area contributed by atoms with Crippen LogP contribution in [0.3, 0.4) is 0 Å². The highest BCUT2D eigenvalue weighted by Gasteiger charge is 2.38. The van der Waals surface area contributed by atoms with Gasteiger partial charge in [0.25, 0.3) is 5.91 Å². The molecule has 0 N–H and O–H groups in total. The van der Waals surface area contributed by atoms with Gasteiger partial charge in [-0.2, -0.15) is 0 Å². The molecule has 3 aliphatic rings. The molecule has 2 aromatic rings. The molecule has 31 heavy (non-hydrogen) atoms. The van der Waals surface area contributed by atoms with Crippen LogP contribution in [-0.4, -0.2) is 65.7 Å². The van der Waals surface area contributed by atoms with Crippen LogP contribution in [0.2, 0.25) is 0 Å². The third kappa shape index (κ3) is 4.14. The van der Waals surface area contributed by atoms with Crippen LogP contribution in [-0.2, 0) is 17.8 Å². The molecule has 0 bridgehead atoms. The van der Waals surface area contributed by atoms with Gasteiger partial charge >= 0.3 is 0 Å². The number of rotatable bonds is 7. The summed E-state index contributed by atoms with van der Waals surface area (Å²) in [6.07, 6.45) is 2.32. The van der Waals surface area contributed by atoms with Gasteiger partial charge in [0.05, 0.1) is 13.3 Å². The van der Waals surface area contributed by atoms with Crippen molar-refractivity contribution in [3.8, 4) is 11.1 Å². The number of amides is 1. The van der Waals surface area contributed by atoms with Gasteiger partial charge in [-0.3, -0.25) is 14.6 Å². The van der Waals surface area contributed by atoms with E-state index in [0.717, 1.165) is 57.9 Å². The predicted octanol–water partition coefficient (Wildman–Crippen LogP) is 3.97. The lowest BCUT2D eigenvalue weighted by atomic mass is 9.99. The lowest BCUT2D eigenvalue weighted by Gasteiger charge is -2.30. The van der Waals surface area contributed by atoms with E-state index in [4.69, 9.17) is 4.74 Å². The molecule has 2 aromatic carbocycles. The Balaban J connectivity index is 1.27. The van der Waals surface area contributed by atoms with Crippen molar-refractivity contribution in [2.45, 2.75) is 51.4 Å². The zero-order valence-corrected chi connectivity index (χ0v) is 18.9. The molecule has 1 aliphatic carbocycles. The molecule has 1 saturated carbocycles. The molecular formula is C26H33N3O2. The summed E-state index contributed by atoms with van der Waals surface area (Å²) >= 11 is 0. The summed E-state index contributed by atoms with van der Waals surface area (Å²) in [6.45, 7) is 10.2. The van der Waals surface area contributed by atoms with Crippen molar-refractivity contribution in [3.63, 3.8) is 0 Å². The molecule has 0 unspecified atom stereocenters. The van der Waals surface area contributed by atoms with Gasteiger partial charge in [-0.05, 0) is 61.1 Å². The summed E-state index contributed by atoms with van der Waals surface area (Å²) in [7, 11) is 1.77. The zero-order chi connectivity index (χ0) is 21.6. The van der Waals surface area contributed by atoms with Crippen molar-refractivity contribution < 1.29 is 9.53 Å². The van der Waals surface area contributed by atoms with E-state index in [9.17, 15) is 4.79 Å². The van der Waals surface area contributed by atoms with Crippen LogP contribution < -0.4 is 0 Å². The van der Waals surface area contributed by atoms with E-state index < -0.39 is 0 Å². The maximum atomic E-state index is 12.6. The zero-order valence-electron chi connectivity index (χ0n) is 18.9. The topological polar surface area (TPSA) is 36.0 Å². The number of carbonyl (C=O) groups excluding carboxylic acids is 1. The highest BCUT2D eigenvalue weighted by Crippen LogP contribution is 2.36. The largest absolute Gasteiger partial charge is 0.383 e. The second-order valence-corrected chi connectivity index (χ2v) is 9.93. The molecule has 0 aromatic heterocycles. The molecule has 5 rings (SSSR count). The Hall–Kier alpha value is -2.21. The SMILES string of the molecule is COCCN1CN(Cc2ccc(-c3ccc4c(c3)CN(C3CC3)C4=O)cc2)C(C)(C)C1. The van der Waals surface area contributed by atoms with E-state index in [-0.39, 0.29) is 11.4 Å². The van der Waals surface area contributed by atoms with Gasteiger partial charge in [-0.25, -0.2) is 0 Å². The molecule has 0 spiro atoms. The lowest BCUT2D eigenvalue weighted by Crippen LogP contribution is -2.39. The van der Waals surface area contributed by atoms with Gasteiger partial charge in [-0.15, -0.1) is 0 Å². The number of fused-ring (bicyclic) bond motifs is 1. The van der Waals surface area contributed by atoms with Crippen LogP contribution in [0, 0.1) is 0 Å². The highest BCUT2D eigenvalue weighted by molar-refractivity contribution is 5.99. The van der Waals surface area contributed by atoms with E-state index in [1.165, 1.54) is 22.3 Å². The number of carbonyl (C=O) groups is 1. The van der Waals surface area contributed by atoms with Crippen molar-refractivity contribution in [3.05, 3.63) is 59.2 Å².